The monoisotopic (exact) mass is 145 g/mol. The maximum Gasteiger partial charge on any atom is 0.235 e. The molecule has 10 heavy (non-hydrogen) atoms. The zero-order valence-corrected chi connectivity index (χ0v) is 6.30. The van der Waals surface area contributed by atoms with Crippen molar-refractivity contribution in [3.63, 3.8) is 0 Å². The molecule has 0 bridgehead atoms. The van der Waals surface area contributed by atoms with Crippen LogP contribution in [0.4, 0.5) is 4.39 Å². The maximum atomic E-state index is 12.6. The van der Waals surface area contributed by atoms with Crippen LogP contribution < -0.4 is 0 Å². The summed E-state index contributed by atoms with van der Waals surface area (Å²) in [6, 6.07) is 0. The fourth-order valence-corrected chi connectivity index (χ4v) is 0.722. The number of isocyanates is 1. The molecule has 1 atom stereocenters. The lowest BCUT2D eigenvalue weighted by Gasteiger charge is -2.05. The molecule has 0 spiro atoms. The number of halogens is 1. The number of nitrogens with zero attached hydrogens (tertiary/aromatic N) is 1. The SMILES string of the molecule is CC(C)CC(F)CN=C=O. The van der Waals surface area contributed by atoms with Crippen LogP contribution in [0.5, 0.6) is 0 Å². The van der Waals surface area contributed by atoms with Crippen molar-refractivity contribution >= 4 is 6.08 Å². The third-order valence-electron chi connectivity index (χ3n) is 1.08. The molecule has 0 aliphatic rings. The average molecular weight is 145 g/mol. The first-order chi connectivity index (χ1) is 4.66. The molecule has 0 aromatic rings. The van der Waals surface area contributed by atoms with Crippen molar-refractivity contribution in [3.05, 3.63) is 0 Å². The molecule has 0 aliphatic heterocycles. The van der Waals surface area contributed by atoms with Crippen LogP contribution in [0.1, 0.15) is 20.3 Å². The fourth-order valence-electron chi connectivity index (χ4n) is 0.722. The lowest BCUT2D eigenvalue weighted by molar-refractivity contribution is 0.290. The number of hydrogen-bond acceptors (Lipinski definition) is 2. The van der Waals surface area contributed by atoms with Gasteiger partial charge in [0.2, 0.25) is 6.08 Å². The molecular weight excluding hydrogens is 133 g/mol. The van der Waals surface area contributed by atoms with Gasteiger partial charge in [-0.25, -0.2) is 14.2 Å². The summed E-state index contributed by atoms with van der Waals surface area (Å²) in [5.74, 6) is 0.317. The summed E-state index contributed by atoms with van der Waals surface area (Å²) < 4.78 is 12.6. The summed E-state index contributed by atoms with van der Waals surface area (Å²) >= 11 is 0. The van der Waals surface area contributed by atoms with E-state index in [1.54, 1.807) is 0 Å². The molecule has 0 aromatic heterocycles. The highest BCUT2D eigenvalue weighted by atomic mass is 19.1. The number of rotatable bonds is 4. The Labute approximate surface area is 60.2 Å². The number of alkyl halides is 1. The minimum absolute atomic E-state index is 0.0400. The minimum Gasteiger partial charge on any atom is -0.245 e. The molecule has 0 aliphatic carbocycles. The van der Waals surface area contributed by atoms with Gasteiger partial charge in [-0.05, 0) is 12.3 Å². The van der Waals surface area contributed by atoms with Gasteiger partial charge in [0.25, 0.3) is 0 Å². The largest absolute Gasteiger partial charge is 0.245 e. The number of aliphatic imine (C=N–C) groups is 1. The van der Waals surface area contributed by atoms with Gasteiger partial charge >= 0.3 is 0 Å². The van der Waals surface area contributed by atoms with E-state index in [4.69, 9.17) is 0 Å². The summed E-state index contributed by atoms with van der Waals surface area (Å²) in [6.45, 7) is 3.82. The molecule has 2 nitrogen and oxygen atoms in total. The van der Waals surface area contributed by atoms with Crippen LogP contribution in [-0.4, -0.2) is 18.8 Å². The molecular formula is C7H12FNO. The predicted molar refractivity (Wildman–Crippen MR) is 37.3 cm³/mol. The second-order valence-electron chi connectivity index (χ2n) is 2.66. The van der Waals surface area contributed by atoms with Gasteiger partial charge in [-0.2, -0.15) is 0 Å². The molecule has 0 fully saturated rings. The molecule has 1 unspecified atom stereocenters. The summed E-state index contributed by atoms with van der Waals surface area (Å²) in [4.78, 5) is 12.7. The van der Waals surface area contributed by atoms with Crippen LogP contribution in [0.25, 0.3) is 0 Å². The second kappa shape index (κ2) is 5.12. The molecule has 0 saturated carbocycles. The Morgan fingerprint density at radius 2 is 2.20 bits per heavy atom. The second-order valence-corrected chi connectivity index (χ2v) is 2.66. The highest BCUT2D eigenvalue weighted by Gasteiger charge is 2.06. The third-order valence-corrected chi connectivity index (χ3v) is 1.08. The zero-order valence-electron chi connectivity index (χ0n) is 6.30. The quantitative estimate of drug-likeness (QED) is 0.437. The average Bonchev–Trinajstić information content (AvgIpc) is 1.82. The van der Waals surface area contributed by atoms with Crippen molar-refractivity contribution in [1.82, 2.24) is 0 Å². The molecule has 3 heteroatoms. The van der Waals surface area contributed by atoms with Crippen LogP contribution in [0.15, 0.2) is 4.99 Å². The van der Waals surface area contributed by atoms with Gasteiger partial charge in [-0.1, -0.05) is 13.8 Å². The number of carbonyl (C=O) groups excluding carboxylic acids is 1. The van der Waals surface area contributed by atoms with Gasteiger partial charge in [0.05, 0.1) is 6.54 Å². The summed E-state index contributed by atoms with van der Waals surface area (Å²) in [5.41, 5.74) is 0. The van der Waals surface area contributed by atoms with Crippen LogP contribution in [0.2, 0.25) is 0 Å². The Morgan fingerprint density at radius 1 is 1.60 bits per heavy atom. The van der Waals surface area contributed by atoms with Gasteiger partial charge in [-0.15, -0.1) is 0 Å². The van der Waals surface area contributed by atoms with E-state index in [2.05, 4.69) is 4.99 Å². The van der Waals surface area contributed by atoms with E-state index in [-0.39, 0.29) is 6.54 Å². The van der Waals surface area contributed by atoms with Crippen molar-refractivity contribution in [2.45, 2.75) is 26.4 Å². The normalized spacial score (nSPS) is 12.8. The maximum absolute atomic E-state index is 12.6. The van der Waals surface area contributed by atoms with Crippen LogP contribution in [0, 0.1) is 5.92 Å². The van der Waals surface area contributed by atoms with E-state index >= 15 is 0 Å². The van der Waals surface area contributed by atoms with Gasteiger partial charge in [0.15, 0.2) is 0 Å². The van der Waals surface area contributed by atoms with Crippen molar-refractivity contribution in [2.24, 2.45) is 10.9 Å². The molecule has 0 aromatic carbocycles. The van der Waals surface area contributed by atoms with E-state index in [0.717, 1.165) is 0 Å². The summed E-state index contributed by atoms with van der Waals surface area (Å²) in [6.07, 6.45) is 0.786. The van der Waals surface area contributed by atoms with E-state index in [0.29, 0.717) is 12.3 Å². The minimum atomic E-state index is -0.985. The fraction of sp³-hybridized carbons (Fsp3) is 0.857. The summed E-state index contributed by atoms with van der Waals surface area (Å²) in [7, 11) is 0. The predicted octanol–water partition coefficient (Wildman–Crippen LogP) is 1.71. The van der Waals surface area contributed by atoms with Gasteiger partial charge < -0.3 is 0 Å². The Bertz CT molecular complexity index is 130. The van der Waals surface area contributed by atoms with Gasteiger partial charge in [0.1, 0.15) is 6.17 Å². The third kappa shape index (κ3) is 5.45. The van der Waals surface area contributed by atoms with E-state index < -0.39 is 6.17 Å². The standard InChI is InChI=1S/C7H12FNO/c1-6(2)3-7(8)4-9-5-10/h6-7H,3-4H2,1-2H3. The van der Waals surface area contributed by atoms with E-state index in [1.807, 2.05) is 13.8 Å². The van der Waals surface area contributed by atoms with Crippen LogP contribution in [-0.2, 0) is 4.79 Å². The van der Waals surface area contributed by atoms with Gasteiger partial charge in [0, 0.05) is 0 Å². The van der Waals surface area contributed by atoms with E-state index in [9.17, 15) is 9.18 Å². The molecule has 0 rings (SSSR count). The van der Waals surface area contributed by atoms with Crippen molar-refractivity contribution in [3.8, 4) is 0 Å². The Morgan fingerprint density at radius 3 is 2.60 bits per heavy atom. The molecule has 0 amide bonds. The van der Waals surface area contributed by atoms with Crippen LogP contribution >= 0.6 is 0 Å². The first kappa shape index (κ1) is 9.31. The zero-order chi connectivity index (χ0) is 7.98. The highest BCUT2D eigenvalue weighted by Crippen LogP contribution is 2.07. The highest BCUT2D eigenvalue weighted by molar-refractivity contribution is 5.32. The smallest absolute Gasteiger partial charge is 0.235 e. The first-order valence-corrected chi connectivity index (χ1v) is 3.34. The van der Waals surface area contributed by atoms with Crippen molar-refractivity contribution < 1.29 is 9.18 Å². The Kier molecular flexibility index (Phi) is 4.77. The molecule has 0 saturated heterocycles. The molecule has 0 radical (unpaired) electrons. The molecule has 0 N–H and O–H groups in total. The molecule has 0 heterocycles. The number of hydrogen-bond donors (Lipinski definition) is 0. The first-order valence-electron chi connectivity index (χ1n) is 3.34. The topological polar surface area (TPSA) is 29.4 Å². The Hall–Kier alpha value is -0.690. The lowest BCUT2D eigenvalue weighted by atomic mass is 10.1. The van der Waals surface area contributed by atoms with Crippen molar-refractivity contribution in [1.29, 1.82) is 0 Å². The van der Waals surface area contributed by atoms with Gasteiger partial charge in [-0.3, -0.25) is 0 Å². The van der Waals surface area contributed by atoms with Crippen molar-refractivity contribution in [2.75, 3.05) is 6.54 Å². The van der Waals surface area contributed by atoms with E-state index in [1.165, 1.54) is 6.08 Å². The summed E-state index contributed by atoms with van der Waals surface area (Å²) in [5, 5.41) is 0. The Balaban J connectivity index is 3.42. The lowest BCUT2D eigenvalue weighted by Crippen LogP contribution is -2.07. The molecule has 58 valence electrons. The van der Waals surface area contributed by atoms with Crippen LogP contribution in [0.3, 0.4) is 0 Å².